The molecule has 6 N–H and O–H groups in total. The number of amides is 2. The number of hydrogen-bond donors (Lipinski definition) is 4. The van der Waals surface area contributed by atoms with Crippen molar-refractivity contribution in [2.75, 3.05) is 0 Å². The molecule has 0 spiro atoms. The van der Waals surface area contributed by atoms with E-state index in [2.05, 4.69) is 5.32 Å². The van der Waals surface area contributed by atoms with Gasteiger partial charge in [-0.1, -0.05) is 20.8 Å². The van der Waals surface area contributed by atoms with Gasteiger partial charge in [0.25, 0.3) is 0 Å². The average molecular weight is 273 g/mol. The molecule has 110 valence electrons. The summed E-state index contributed by atoms with van der Waals surface area (Å²) in [4.78, 5) is 33.1. The van der Waals surface area contributed by atoms with Gasteiger partial charge < -0.3 is 21.9 Å². The Morgan fingerprint density at radius 2 is 1.74 bits per heavy atom. The molecule has 7 heteroatoms. The Morgan fingerprint density at radius 1 is 1.21 bits per heavy atom. The monoisotopic (exact) mass is 273 g/mol. The molecule has 0 rings (SSSR count). The maximum absolute atomic E-state index is 11.6. The molecule has 19 heavy (non-hydrogen) atoms. The SMILES string of the molecule is CC(C)(C)CC(N)CC(=O)N[C@@H](CC(N)=O)C(=O)O. The van der Waals surface area contributed by atoms with Crippen LogP contribution in [0.1, 0.15) is 40.0 Å². The standard InChI is InChI=1S/C12H23N3O4/c1-12(2,3)6-7(13)4-10(17)15-8(11(18)19)5-9(14)16/h7-8H,4-6,13H2,1-3H3,(H2,14,16)(H,15,17)(H,18,19)/t7?,8-/m0/s1. The zero-order chi connectivity index (χ0) is 15.2. The van der Waals surface area contributed by atoms with Crippen molar-refractivity contribution in [1.82, 2.24) is 5.32 Å². The summed E-state index contributed by atoms with van der Waals surface area (Å²) in [7, 11) is 0. The van der Waals surface area contributed by atoms with Gasteiger partial charge in [0.1, 0.15) is 6.04 Å². The van der Waals surface area contributed by atoms with Crippen molar-refractivity contribution in [3.63, 3.8) is 0 Å². The quantitative estimate of drug-likeness (QED) is 0.499. The molecule has 0 bridgehead atoms. The smallest absolute Gasteiger partial charge is 0.326 e. The topological polar surface area (TPSA) is 136 Å². The van der Waals surface area contributed by atoms with Crippen LogP contribution in [-0.2, 0) is 14.4 Å². The van der Waals surface area contributed by atoms with Crippen molar-refractivity contribution in [2.45, 2.75) is 52.1 Å². The van der Waals surface area contributed by atoms with Crippen LogP contribution in [0.3, 0.4) is 0 Å². The van der Waals surface area contributed by atoms with E-state index < -0.39 is 30.2 Å². The summed E-state index contributed by atoms with van der Waals surface area (Å²) in [6.45, 7) is 5.99. The lowest BCUT2D eigenvalue weighted by Gasteiger charge is -2.23. The molecule has 0 saturated carbocycles. The summed E-state index contributed by atoms with van der Waals surface area (Å²) in [5, 5.41) is 11.1. The highest BCUT2D eigenvalue weighted by molar-refractivity contribution is 5.88. The molecular weight excluding hydrogens is 250 g/mol. The average Bonchev–Trinajstić information content (AvgIpc) is 2.11. The molecule has 0 aliphatic carbocycles. The predicted molar refractivity (Wildman–Crippen MR) is 70.0 cm³/mol. The fourth-order valence-electron chi connectivity index (χ4n) is 1.75. The van der Waals surface area contributed by atoms with E-state index in [-0.39, 0.29) is 17.9 Å². The fraction of sp³-hybridized carbons (Fsp3) is 0.750. The van der Waals surface area contributed by atoms with E-state index in [9.17, 15) is 14.4 Å². The van der Waals surface area contributed by atoms with Crippen LogP contribution in [0.15, 0.2) is 0 Å². The molecule has 0 heterocycles. The first-order valence-corrected chi connectivity index (χ1v) is 6.07. The van der Waals surface area contributed by atoms with Crippen LogP contribution in [0.5, 0.6) is 0 Å². The zero-order valence-electron chi connectivity index (χ0n) is 11.6. The number of carbonyl (C=O) groups is 3. The number of nitrogens with one attached hydrogen (secondary N) is 1. The molecule has 0 aromatic rings. The first kappa shape index (κ1) is 17.4. The van der Waals surface area contributed by atoms with Crippen LogP contribution in [0.4, 0.5) is 0 Å². The molecule has 0 fully saturated rings. The highest BCUT2D eigenvalue weighted by Crippen LogP contribution is 2.20. The molecule has 1 unspecified atom stereocenters. The normalized spacial score (nSPS) is 14.5. The van der Waals surface area contributed by atoms with Crippen molar-refractivity contribution in [1.29, 1.82) is 0 Å². The third-order valence-corrected chi connectivity index (χ3v) is 2.36. The van der Waals surface area contributed by atoms with Crippen LogP contribution in [0, 0.1) is 5.41 Å². The van der Waals surface area contributed by atoms with Gasteiger partial charge in [-0.3, -0.25) is 9.59 Å². The van der Waals surface area contributed by atoms with Crippen LogP contribution < -0.4 is 16.8 Å². The highest BCUT2D eigenvalue weighted by Gasteiger charge is 2.24. The summed E-state index contributed by atoms with van der Waals surface area (Å²) in [5.41, 5.74) is 10.7. The Morgan fingerprint density at radius 3 is 2.11 bits per heavy atom. The van der Waals surface area contributed by atoms with Gasteiger partial charge in [0, 0.05) is 12.5 Å². The minimum atomic E-state index is -1.30. The van der Waals surface area contributed by atoms with Crippen LogP contribution in [0.2, 0.25) is 0 Å². The maximum atomic E-state index is 11.6. The number of carboxylic acids is 1. The lowest BCUT2D eigenvalue weighted by Crippen LogP contribution is -2.45. The van der Waals surface area contributed by atoms with Crippen molar-refractivity contribution < 1.29 is 19.5 Å². The Kier molecular flexibility index (Phi) is 6.47. The van der Waals surface area contributed by atoms with Crippen molar-refractivity contribution in [3.8, 4) is 0 Å². The minimum Gasteiger partial charge on any atom is -0.480 e. The van der Waals surface area contributed by atoms with E-state index in [1.165, 1.54) is 0 Å². The summed E-state index contributed by atoms with van der Waals surface area (Å²) < 4.78 is 0. The van der Waals surface area contributed by atoms with Gasteiger partial charge in [-0.05, 0) is 11.8 Å². The lowest BCUT2D eigenvalue weighted by atomic mass is 9.87. The van der Waals surface area contributed by atoms with Crippen molar-refractivity contribution in [3.05, 3.63) is 0 Å². The van der Waals surface area contributed by atoms with E-state index in [1.807, 2.05) is 20.8 Å². The van der Waals surface area contributed by atoms with E-state index in [1.54, 1.807) is 0 Å². The number of aliphatic carboxylic acids is 1. The number of rotatable bonds is 7. The third-order valence-electron chi connectivity index (χ3n) is 2.36. The molecule has 0 aliphatic rings. The molecule has 0 saturated heterocycles. The van der Waals surface area contributed by atoms with Gasteiger partial charge in [-0.15, -0.1) is 0 Å². The summed E-state index contributed by atoms with van der Waals surface area (Å²) in [6, 6.07) is -1.66. The molecular formula is C12H23N3O4. The maximum Gasteiger partial charge on any atom is 0.326 e. The molecule has 0 aromatic carbocycles. The van der Waals surface area contributed by atoms with Crippen molar-refractivity contribution in [2.24, 2.45) is 16.9 Å². The van der Waals surface area contributed by atoms with Crippen LogP contribution in [0.25, 0.3) is 0 Å². The lowest BCUT2D eigenvalue weighted by molar-refractivity contribution is -0.143. The van der Waals surface area contributed by atoms with Gasteiger partial charge >= 0.3 is 5.97 Å². The molecule has 2 amide bonds. The molecule has 0 aliphatic heterocycles. The summed E-state index contributed by atoms with van der Waals surface area (Å²) in [6.07, 6.45) is 0.212. The van der Waals surface area contributed by atoms with E-state index in [4.69, 9.17) is 16.6 Å². The Bertz CT molecular complexity index is 349. The van der Waals surface area contributed by atoms with Gasteiger partial charge in [-0.25, -0.2) is 4.79 Å². The second-order valence-electron chi connectivity index (χ2n) is 5.86. The number of carboxylic acid groups (broad SMARTS) is 1. The number of hydrogen-bond acceptors (Lipinski definition) is 4. The summed E-state index contributed by atoms with van der Waals surface area (Å²) >= 11 is 0. The van der Waals surface area contributed by atoms with Gasteiger partial charge in [0.2, 0.25) is 11.8 Å². The Balaban J connectivity index is 4.34. The van der Waals surface area contributed by atoms with E-state index >= 15 is 0 Å². The first-order chi connectivity index (χ1) is 8.51. The van der Waals surface area contributed by atoms with Gasteiger partial charge in [0.15, 0.2) is 0 Å². The first-order valence-electron chi connectivity index (χ1n) is 6.07. The molecule has 0 radical (unpaired) electrons. The largest absolute Gasteiger partial charge is 0.480 e. The second-order valence-corrected chi connectivity index (χ2v) is 5.86. The van der Waals surface area contributed by atoms with Gasteiger partial charge in [-0.2, -0.15) is 0 Å². The second kappa shape index (κ2) is 7.08. The predicted octanol–water partition coefficient (Wildman–Crippen LogP) is -0.415. The fourth-order valence-corrected chi connectivity index (χ4v) is 1.75. The molecule has 7 nitrogen and oxygen atoms in total. The van der Waals surface area contributed by atoms with E-state index in [0.717, 1.165) is 0 Å². The number of carbonyl (C=O) groups excluding carboxylic acids is 2. The van der Waals surface area contributed by atoms with Gasteiger partial charge in [0.05, 0.1) is 6.42 Å². The number of primary amides is 1. The Hall–Kier alpha value is -1.63. The molecule has 2 atom stereocenters. The minimum absolute atomic E-state index is 0.0137. The Labute approximate surface area is 112 Å². The van der Waals surface area contributed by atoms with E-state index in [0.29, 0.717) is 6.42 Å². The van der Waals surface area contributed by atoms with Crippen LogP contribution in [-0.4, -0.2) is 35.0 Å². The summed E-state index contributed by atoms with van der Waals surface area (Å²) in [5.74, 6) is -2.58. The van der Waals surface area contributed by atoms with Crippen LogP contribution >= 0.6 is 0 Å². The third kappa shape index (κ3) is 9.01. The van der Waals surface area contributed by atoms with Crippen molar-refractivity contribution >= 4 is 17.8 Å². The zero-order valence-corrected chi connectivity index (χ0v) is 11.6. The number of nitrogens with two attached hydrogens (primary N) is 2. The molecule has 0 aromatic heterocycles. The highest BCUT2D eigenvalue weighted by atomic mass is 16.4.